The van der Waals surface area contributed by atoms with Crippen molar-refractivity contribution in [3.8, 4) is 0 Å². The van der Waals surface area contributed by atoms with Crippen LogP contribution in [0.25, 0.3) is 0 Å². The van der Waals surface area contributed by atoms with Gasteiger partial charge in [-0.15, -0.1) is 0 Å². The summed E-state index contributed by atoms with van der Waals surface area (Å²) in [6, 6.07) is 3.47. The van der Waals surface area contributed by atoms with Gasteiger partial charge in [0.2, 0.25) is 0 Å². The van der Waals surface area contributed by atoms with E-state index in [9.17, 15) is 13.9 Å². The van der Waals surface area contributed by atoms with Crippen molar-refractivity contribution in [2.45, 2.75) is 25.9 Å². The minimum absolute atomic E-state index is 0.431. The zero-order chi connectivity index (χ0) is 9.84. The summed E-state index contributed by atoms with van der Waals surface area (Å²) in [7, 11) is 0. The second-order valence-corrected chi connectivity index (χ2v) is 2.98. The molecule has 1 nitrogen and oxygen atoms in total. The normalized spacial score (nSPS) is 12.9. The van der Waals surface area contributed by atoms with E-state index in [1.165, 1.54) is 6.07 Å². The fourth-order valence-corrected chi connectivity index (χ4v) is 1.16. The van der Waals surface area contributed by atoms with Crippen molar-refractivity contribution in [1.82, 2.24) is 0 Å². The van der Waals surface area contributed by atoms with Crippen LogP contribution in [0.3, 0.4) is 0 Å². The summed E-state index contributed by atoms with van der Waals surface area (Å²) in [5.41, 5.74) is 0.431. The lowest BCUT2D eigenvalue weighted by molar-refractivity contribution is 0.166. The Morgan fingerprint density at radius 2 is 2.00 bits per heavy atom. The van der Waals surface area contributed by atoms with Gasteiger partial charge < -0.3 is 5.11 Å². The van der Waals surface area contributed by atoms with Crippen LogP contribution < -0.4 is 0 Å². The minimum atomic E-state index is -0.910. The summed E-state index contributed by atoms with van der Waals surface area (Å²) >= 11 is 0. The first-order valence-electron chi connectivity index (χ1n) is 4.28. The van der Waals surface area contributed by atoms with E-state index in [1.54, 1.807) is 0 Å². The van der Waals surface area contributed by atoms with Crippen molar-refractivity contribution < 1.29 is 13.9 Å². The van der Waals surface area contributed by atoms with E-state index in [4.69, 9.17) is 0 Å². The molecule has 0 saturated heterocycles. The van der Waals surface area contributed by atoms with Crippen LogP contribution in [0.5, 0.6) is 0 Å². The Morgan fingerprint density at radius 1 is 1.31 bits per heavy atom. The molecule has 0 saturated carbocycles. The van der Waals surface area contributed by atoms with E-state index in [0.29, 0.717) is 12.0 Å². The molecule has 0 bridgehead atoms. The molecule has 0 unspecified atom stereocenters. The van der Waals surface area contributed by atoms with Crippen LogP contribution >= 0.6 is 0 Å². The van der Waals surface area contributed by atoms with Gasteiger partial charge in [-0.3, -0.25) is 0 Å². The Bertz CT molecular complexity index is 286. The largest absolute Gasteiger partial charge is 0.388 e. The standard InChI is InChI=1S/C10H12F2O/c1-2-3-10(13)7-4-5-8(11)9(12)6-7/h4-6,10,13H,2-3H2,1H3/t10-/m1/s1. The Morgan fingerprint density at radius 3 is 2.54 bits per heavy atom. The highest BCUT2D eigenvalue weighted by Crippen LogP contribution is 2.19. The first-order chi connectivity index (χ1) is 6.15. The quantitative estimate of drug-likeness (QED) is 0.769. The first-order valence-corrected chi connectivity index (χ1v) is 4.28. The first kappa shape index (κ1) is 10.1. The fraction of sp³-hybridized carbons (Fsp3) is 0.400. The lowest BCUT2D eigenvalue weighted by Gasteiger charge is -2.09. The van der Waals surface area contributed by atoms with Gasteiger partial charge in [0.15, 0.2) is 11.6 Å². The Labute approximate surface area is 76.0 Å². The van der Waals surface area contributed by atoms with Crippen LogP contribution in [0.1, 0.15) is 31.4 Å². The van der Waals surface area contributed by atoms with Crippen LogP contribution in [0.2, 0.25) is 0 Å². The van der Waals surface area contributed by atoms with E-state index in [-0.39, 0.29) is 0 Å². The molecule has 0 fully saturated rings. The summed E-state index contributed by atoms with van der Waals surface area (Å²) in [6.45, 7) is 1.92. The van der Waals surface area contributed by atoms with E-state index < -0.39 is 17.7 Å². The molecule has 1 aromatic carbocycles. The van der Waals surface area contributed by atoms with Gasteiger partial charge in [-0.05, 0) is 24.1 Å². The predicted octanol–water partition coefficient (Wildman–Crippen LogP) is 2.80. The van der Waals surface area contributed by atoms with Crippen molar-refractivity contribution in [2.24, 2.45) is 0 Å². The smallest absolute Gasteiger partial charge is 0.159 e. The maximum atomic E-state index is 12.7. The van der Waals surface area contributed by atoms with Crippen LogP contribution in [0.15, 0.2) is 18.2 Å². The average Bonchev–Trinajstić information content (AvgIpc) is 2.10. The lowest BCUT2D eigenvalue weighted by Crippen LogP contribution is -1.98. The van der Waals surface area contributed by atoms with Crippen molar-refractivity contribution in [3.05, 3.63) is 35.4 Å². The molecule has 0 aliphatic carbocycles. The Balaban J connectivity index is 2.84. The van der Waals surface area contributed by atoms with Gasteiger partial charge in [0.1, 0.15) is 0 Å². The third-order valence-corrected chi connectivity index (χ3v) is 1.89. The second kappa shape index (κ2) is 4.33. The fourth-order valence-electron chi connectivity index (χ4n) is 1.16. The van der Waals surface area contributed by atoms with Gasteiger partial charge in [0.05, 0.1) is 6.10 Å². The molecule has 13 heavy (non-hydrogen) atoms. The average molecular weight is 186 g/mol. The molecule has 0 spiro atoms. The summed E-state index contributed by atoms with van der Waals surface area (Å²) in [5.74, 6) is -1.79. The molecule has 0 aliphatic rings. The molecule has 1 rings (SSSR count). The summed E-state index contributed by atoms with van der Waals surface area (Å²) in [5, 5.41) is 9.45. The second-order valence-electron chi connectivity index (χ2n) is 2.98. The molecule has 0 aliphatic heterocycles. The number of benzene rings is 1. The van der Waals surface area contributed by atoms with Gasteiger partial charge in [0.25, 0.3) is 0 Å². The molecule has 1 atom stereocenters. The minimum Gasteiger partial charge on any atom is -0.388 e. The van der Waals surface area contributed by atoms with Crippen LogP contribution in [-0.2, 0) is 0 Å². The van der Waals surface area contributed by atoms with Crippen molar-refractivity contribution in [2.75, 3.05) is 0 Å². The predicted molar refractivity (Wildman–Crippen MR) is 46.2 cm³/mol. The maximum absolute atomic E-state index is 12.7. The summed E-state index contributed by atoms with van der Waals surface area (Å²) in [4.78, 5) is 0. The lowest BCUT2D eigenvalue weighted by atomic mass is 10.1. The van der Waals surface area contributed by atoms with Crippen molar-refractivity contribution >= 4 is 0 Å². The van der Waals surface area contributed by atoms with Gasteiger partial charge >= 0.3 is 0 Å². The number of hydrogen-bond donors (Lipinski definition) is 1. The Hall–Kier alpha value is -0.960. The van der Waals surface area contributed by atoms with Crippen LogP contribution in [-0.4, -0.2) is 5.11 Å². The molecule has 1 N–H and O–H groups in total. The SMILES string of the molecule is CCC[C@@H](O)c1ccc(F)c(F)c1. The third kappa shape index (κ3) is 2.49. The van der Waals surface area contributed by atoms with Gasteiger partial charge in [-0.25, -0.2) is 8.78 Å². The Kier molecular flexibility index (Phi) is 3.37. The van der Waals surface area contributed by atoms with Gasteiger partial charge in [-0.2, -0.15) is 0 Å². The third-order valence-electron chi connectivity index (χ3n) is 1.89. The van der Waals surface area contributed by atoms with E-state index in [0.717, 1.165) is 18.6 Å². The number of rotatable bonds is 3. The molecular weight excluding hydrogens is 174 g/mol. The molecule has 0 aromatic heterocycles. The molecule has 0 heterocycles. The number of hydrogen-bond acceptors (Lipinski definition) is 1. The highest BCUT2D eigenvalue weighted by molar-refractivity contribution is 5.19. The summed E-state index contributed by atoms with van der Waals surface area (Å²) in [6.07, 6.45) is 0.672. The zero-order valence-corrected chi connectivity index (χ0v) is 7.43. The topological polar surface area (TPSA) is 20.2 Å². The number of aliphatic hydroxyl groups is 1. The maximum Gasteiger partial charge on any atom is 0.159 e. The van der Waals surface area contributed by atoms with Crippen LogP contribution in [0, 0.1) is 11.6 Å². The summed E-state index contributed by atoms with van der Waals surface area (Å²) < 4.78 is 25.2. The zero-order valence-electron chi connectivity index (χ0n) is 7.43. The molecule has 0 radical (unpaired) electrons. The van der Waals surface area contributed by atoms with Crippen molar-refractivity contribution in [1.29, 1.82) is 0 Å². The van der Waals surface area contributed by atoms with Gasteiger partial charge in [0, 0.05) is 0 Å². The highest BCUT2D eigenvalue weighted by atomic mass is 19.2. The van der Waals surface area contributed by atoms with Crippen LogP contribution in [0.4, 0.5) is 8.78 Å². The highest BCUT2D eigenvalue weighted by Gasteiger charge is 2.09. The monoisotopic (exact) mass is 186 g/mol. The van der Waals surface area contributed by atoms with Crippen molar-refractivity contribution in [3.63, 3.8) is 0 Å². The molecular formula is C10H12F2O. The number of aliphatic hydroxyl groups excluding tert-OH is 1. The van der Waals surface area contributed by atoms with E-state index >= 15 is 0 Å². The molecule has 3 heteroatoms. The molecule has 72 valence electrons. The van der Waals surface area contributed by atoms with E-state index in [1.807, 2.05) is 6.92 Å². The number of halogens is 2. The van der Waals surface area contributed by atoms with Gasteiger partial charge in [-0.1, -0.05) is 19.4 Å². The van der Waals surface area contributed by atoms with E-state index in [2.05, 4.69) is 0 Å². The molecule has 0 amide bonds. The molecule has 1 aromatic rings.